The van der Waals surface area contributed by atoms with E-state index in [0.29, 0.717) is 23.4 Å². The van der Waals surface area contributed by atoms with Gasteiger partial charge in [0.1, 0.15) is 11.2 Å². The summed E-state index contributed by atoms with van der Waals surface area (Å²) < 4.78 is 6.82. The summed E-state index contributed by atoms with van der Waals surface area (Å²) in [5.41, 5.74) is 17.9. The van der Waals surface area contributed by atoms with Crippen LogP contribution in [0, 0.1) is 23.7 Å². The number of para-hydroxylation sites is 1. The fraction of sp³-hybridized carbons (Fsp3) is 0.203. The fourth-order valence-electron chi connectivity index (χ4n) is 13.7. The highest BCUT2D eigenvalue weighted by Gasteiger charge is 2.48. The molecule has 0 saturated heterocycles. The smallest absolute Gasteiger partial charge is 0.167 e. The number of aromatic nitrogens is 3. The lowest BCUT2D eigenvalue weighted by molar-refractivity contribution is -0.00277. The minimum absolute atomic E-state index is 0.191. The summed E-state index contributed by atoms with van der Waals surface area (Å²) in [4.78, 5) is 16.1. The van der Waals surface area contributed by atoms with Crippen molar-refractivity contribution < 1.29 is 4.42 Å². The summed E-state index contributed by atoms with van der Waals surface area (Å²) in [6.07, 6.45) is 7.16. The Kier molecular flexibility index (Phi) is 8.93. The number of hydrogen-bond donors (Lipinski definition) is 0. The highest BCUT2D eigenvalue weighted by Crippen LogP contribution is 2.60. The van der Waals surface area contributed by atoms with E-state index in [1.807, 2.05) is 30.3 Å². The normalized spacial score (nSPS) is 20.8. The van der Waals surface area contributed by atoms with Crippen molar-refractivity contribution in [3.63, 3.8) is 0 Å². The SMILES string of the molecule is CC1(C)c2ccccc2-c2cccc(-c3cc(-c4ccc(C5C6CC7CC(C6)CC5C7)cc4)cc(-c4nc(-c5ccccc5)nc(-c5ccc(-c6ccccc6)c6c5oc5ccccc56)n4)c3)c21. The molecule has 4 heteroatoms. The predicted molar refractivity (Wildman–Crippen MR) is 277 cm³/mol. The van der Waals surface area contributed by atoms with Gasteiger partial charge in [-0.25, -0.2) is 15.0 Å². The van der Waals surface area contributed by atoms with Crippen LogP contribution in [-0.4, -0.2) is 15.0 Å². The Balaban J connectivity index is 0.970. The number of furan rings is 1. The van der Waals surface area contributed by atoms with Crippen LogP contribution in [-0.2, 0) is 5.41 Å². The first-order valence-electron chi connectivity index (χ1n) is 24.7. The molecule has 328 valence electrons. The highest BCUT2D eigenvalue weighted by atomic mass is 16.3. The van der Waals surface area contributed by atoms with E-state index in [9.17, 15) is 0 Å². The number of fused-ring (bicyclic) bond motifs is 6. The molecule has 5 aliphatic carbocycles. The molecule has 4 nitrogen and oxygen atoms in total. The fourth-order valence-corrected chi connectivity index (χ4v) is 13.7. The summed E-state index contributed by atoms with van der Waals surface area (Å²) in [6.45, 7) is 4.75. The highest BCUT2D eigenvalue weighted by molar-refractivity contribution is 6.16. The van der Waals surface area contributed by atoms with Gasteiger partial charge in [0.15, 0.2) is 17.5 Å². The van der Waals surface area contributed by atoms with E-state index in [0.717, 1.165) is 84.6 Å². The third-order valence-electron chi connectivity index (χ3n) is 16.5. The molecule has 4 bridgehead atoms. The summed E-state index contributed by atoms with van der Waals surface area (Å²) in [6, 6.07) is 65.9. The van der Waals surface area contributed by atoms with E-state index in [1.165, 1.54) is 71.0 Å². The summed E-state index contributed by atoms with van der Waals surface area (Å²) in [7, 11) is 0. The quantitative estimate of drug-likeness (QED) is 0.160. The first kappa shape index (κ1) is 39.7. The van der Waals surface area contributed by atoms with Gasteiger partial charge in [-0.05, 0) is 153 Å². The largest absolute Gasteiger partial charge is 0.455 e. The van der Waals surface area contributed by atoms with Gasteiger partial charge in [0.25, 0.3) is 0 Å². The Morgan fingerprint density at radius 3 is 1.78 bits per heavy atom. The molecule has 0 aliphatic heterocycles. The molecule has 4 saturated carbocycles. The van der Waals surface area contributed by atoms with Crippen molar-refractivity contribution in [1.82, 2.24) is 15.0 Å². The van der Waals surface area contributed by atoms with E-state index in [-0.39, 0.29) is 5.41 Å². The van der Waals surface area contributed by atoms with Gasteiger partial charge in [-0.2, -0.15) is 0 Å². The molecule has 0 radical (unpaired) electrons. The Morgan fingerprint density at radius 1 is 0.426 bits per heavy atom. The van der Waals surface area contributed by atoms with E-state index >= 15 is 0 Å². The Morgan fingerprint density at radius 2 is 1.01 bits per heavy atom. The van der Waals surface area contributed by atoms with Crippen LogP contribution in [0.3, 0.4) is 0 Å². The van der Waals surface area contributed by atoms with Crippen LogP contribution in [0.15, 0.2) is 186 Å². The van der Waals surface area contributed by atoms with Gasteiger partial charge in [-0.3, -0.25) is 0 Å². The second-order valence-electron chi connectivity index (χ2n) is 20.8. The molecule has 10 aromatic rings. The van der Waals surface area contributed by atoms with Gasteiger partial charge in [0.05, 0.1) is 5.56 Å². The molecule has 5 aliphatic rings. The van der Waals surface area contributed by atoms with E-state index in [4.69, 9.17) is 19.4 Å². The summed E-state index contributed by atoms with van der Waals surface area (Å²) in [5, 5.41) is 2.11. The standard InChI is InChI=1S/C64H51N3O/c1-64(2)55-22-11-9-18-51(55)52-21-13-20-50(59(52)64)45-35-44(40-24-26-42(27-25-40)57-46-31-38-30-39(33-46)34-47(57)32-38)36-48(37-45)62-65-61(43-16-7-4-8-17-43)66-63(67-62)54-29-28-49(41-14-5-3-6-15-41)58-53-19-10-12-23-56(53)68-60(54)58/h3-29,35-39,46-47,57H,30-34H2,1-2H3. The first-order valence-corrected chi connectivity index (χ1v) is 24.7. The van der Waals surface area contributed by atoms with Crippen molar-refractivity contribution in [2.45, 2.75) is 57.3 Å². The maximum Gasteiger partial charge on any atom is 0.167 e. The van der Waals surface area contributed by atoms with Gasteiger partial charge in [-0.1, -0.05) is 166 Å². The lowest BCUT2D eigenvalue weighted by Gasteiger charge is -2.54. The van der Waals surface area contributed by atoms with Crippen LogP contribution in [0.2, 0.25) is 0 Å². The molecule has 15 rings (SSSR count). The monoisotopic (exact) mass is 877 g/mol. The van der Waals surface area contributed by atoms with Crippen molar-refractivity contribution in [3.05, 3.63) is 199 Å². The van der Waals surface area contributed by atoms with Crippen molar-refractivity contribution in [2.24, 2.45) is 23.7 Å². The average molecular weight is 878 g/mol. The van der Waals surface area contributed by atoms with Crippen LogP contribution in [0.1, 0.15) is 68.6 Å². The molecular formula is C64H51N3O. The third kappa shape index (κ3) is 6.30. The van der Waals surface area contributed by atoms with Crippen molar-refractivity contribution in [3.8, 4) is 78.7 Å². The minimum atomic E-state index is -0.191. The Bertz CT molecular complexity index is 3580. The zero-order chi connectivity index (χ0) is 45.1. The maximum absolute atomic E-state index is 6.82. The van der Waals surface area contributed by atoms with E-state index < -0.39 is 0 Å². The number of rotatable bonds is 7. The molecule has 8 aromatic carbocycles. The topological polar surface area (TPSA) is 51.8 Å². The molecule has 0 atom stereocenters. The van der Waals surface area contributed by atoms with Crippen molar-refractivity contribution >= 4 is 21.9 Å². The molecule has 4 fully saturated rings. The van der Waals surface area contributed by atoms with Gasteiger partial charge >= 0.3 is 0 Å². The molecule has 68 heavy (non-hydrogen) atoms. The van der Waals surface area contributed by atoms with Crippen molar-refractivity contribution in [2.75, 3.05) is 0 Å². The Hall–Kier alpha value is -7.43. The summed E-state index contributed by atoms with van der Waals surface area (Å²) in [5.74, 6) is 6.10. The van der Waals surface area contributed by atoms with E-state index in [1.54, 1.807) is 0 Å². The van der Waals surface area contributed by atoms with Crippen LogP contribution in [0.5, 0.6) is 0 Å². The lowest BCUT2D eigenvalue weighted by atomic mass is 9.51. The number of benzene rings is 8. The maximum atomic E-state index is 6.82. The molecule has 2 aromatic heterocycles. The molecule has 0 N–H and O–H groups in total. The van der Waals surface area contributed by atoms with Gasteiger partial charge in [0, 0.05) is 27.3 Å². The average Bonchev–Trinajstić information content (AvgIpc) is 3.89. The predicted octanol–water partition coefficient (Wildman–Crippen LogP) is 16.6. The summed E-state index contributed by atoms with van der Waals surface area (Å²) >= 11 is 0. The number of nitrogens with zero attached hydrogens (tertiary/aromatic N) is 3. The lowest BCUT2D eigenvalue weighted by Crippen LogP contribution is -2.43. The zero-order valence-corrected chi connectivity index (χ0v) is 38.5. The van der Waals surface area contributed by atoms with Gasteiger partial charge in [0.2, 0.25) is 0 Å². The molecule has 0 unspecified atom stereocenters. The minimum Gasteiger partial charge on any atom is -0.455 e. The van der Waals surface area contributed by atoms with Crippen molar-refractivity contribution in [1.29, 1.82) is 0 Å². The Labute approximate surface area is 397 Å². The first-order chi connectivity index (χ1) is 33.4. The van der Waals surface area contributed by atoms with Crippen LogP contribution in [0.25, 0.3) is 101 Å². The van der Waals surface area contributed by atoms with Crippen LogP contribution >= 0.6 is 0 Å². The molecular weight excluding hydrogens is 827 g/mol. The second-order valence-corrected chi connectivity index (χ2v) is 20.8. The zero-order valence-electron chi connectivity index (χ0n) is 38.5. The third-order valence-corrected chi connectivity index (χ3v) is 16.5. The van der Waals surface area contributed by atoms with Crippen LogP contribution in [0.4, 0.5) is 0 Å². The van der Waals surface area contributed by atoms with Gasteiger partial charge in [-0.15, -0.1) is 0 Å². The van der Waals surface area contributed by atoms with Crippen LogP contribution < -0.4 is 0 Å². The van der Waals surface area contributed by atoms with E-state index in [2.05, 4.69) is 166 Å². The molecule has 2 heterocycles. The number of hydrogen-bond acceptors (Lipinski definition) is 4. The van der Waals surface area contributed by atoms with Gasteiger partial charge < -0.3 is 4.42 Å². The second kappa shape index (κ2) is 15.3. The molecule has 0 spiro atoms. The molecule has 0 amide bonds.